The van der Waals surface area contributed by atoms with Gasteiger partial charge in [0.2, 0.25) is 5.91 Å². The zero-order valence-electron chi connectivity index (χ0n) is 14.4. The third-order valence-corrected chi connectivity index (χ3v) is 5.96. The molecule has 0 fully saturated rings. The van der Waals surface area contributed by atoms with E-state index >= 15 is 0 Å². The summed E-state index contributed by atoms with van der Waals surface area (Å²) < 4.78 is 30.8. The van der Waals surface area contributed by atoms with Gasteiger partial charge in [-0.15, -0.1) is 0 Å². The molecule has 0 saturated heterocycles. The quantitative estimate of drug-likeness (QED) is 0.792. The van der Waals surface area contributed by atoms with Crippen LogP contribution in [0.2, 0.25) is 0 Å². The highest BCUT2D eigenvalue weighted by Gasteiger charge is 2.42. The van der Waals surface area contributed by atoms with E-state index in [0.717, 1.165) is 5.56 Å². The first kappa shape index (κ1) is 17.9. The van der Waals surface area contributed by atoms with Crippen molar-refractivity contribution in [1.29, 1.82) is 0 Å². The van der Waals surface area contributed by atoms with Crippen molar-refractivity contribution in [2.24, 2.45) is 0 Å². The highest BCUT2D eigenvalue weighted by molar-refractivity contribution is 7.90. The van der Waals surface area contributed by atoms with Gasteiger partial charge >= 0.3 is 0 Å². The lowest BCUT2D eigenvalue weighted by molar-refractivity contribution is -0.130. The molecule has 2 amide bonds. The van der Waals surface area contributed by atoms with E-state index in [1.807, 2.05) is 6.07 Å². The minimum atomic E-state index is -3.99. The summed E-state index contributed by atoms with van der Waals surface area (Å²) in [6.45, 7) is -0.263. The van der Waals surface area contributed by atoms with E-state index in [9.17, 15) is 18.0 Å². The Morgan fingerprint density at radius 2 is 1.88 bits per heavy atom. The van der Waals surface area contributed by atoms with Gasteiger partial charge in [-0.2, -0.15) is 0 Å². The van der Waals surface area contributed by atoms with Crippen LogP contribution in [0.1, 0.15) is 15.9 Å². The second-order valence-corrected chi connectivity index (χ2v) is 7.75. The number of hydrogen-bond donors (Lipinski definition) is 0. The number of amides is 2. The zero-order chi connectivity index (χ0) is 18.9. The molecule has 1 aliphatic rings. The summed E-state index contributed by atoms with van der Waals surface area (Å²) in [5.74, 6) is -0.489. The molecule has 0 atom stereocenters. The van der Waals surface area contributed by atoms with Gasteiger partial charge in [0.15, 0.2) is 0 Å². The van der Waals surface area contributed by atoms with E-state index in [1.54, 1.807) is 44.5 Å². The Bertz CT molecular complexity index is 971. The molecule has 26 heavy (non-hydrogen) atoms. The molecular weight excluding hydrogens is 356 g/mol. The smallest absolute Gasteiger partial charge is 0.269 e. The van der Waals surface area contributed by atoms with Crippen molar-refractivity contribution < 1.29 is 22.7 Å². The molecule has 2 aromatic carbocycles. The van der Waals surface area contributed by atoms with Crippen molar-refractivity contribution in [2.75, 3.05) is 20.7 Å². The van der Waals surface area contributed by atoms with Crippen molar-refractivity contribution >= 4 is 21.8 Å². The minimum absolute atomic E-state index is 0.0618. The lowest BCUT2D eigenvalue weighted by Gasteiger charge is -2.21. The monoisotopic (exact) mass is 374 g/mol. The number of likely N-dealkylation sites (N-methyl/N-ethyl adjacent to an activating group) is 1. The lowest BCUT2D eigenvalue weighted by atomic mass is 10.2. The molecule has 0 unspecified atom stereocenters. The summed E-state index contributed by atoms with van der Waals surface area (Å²) in [6, 6.07) is 13.2. The molecule has 1 aliphatic heterocycles. The van der Waals surface area contributed by atoms with Crippen LogP contribution in [0.4, 0.5) is 0 Å². The molecule has 2 aromatic rings. The normalized spacial score (nSPS) is 14.8. The number of carbonyl (C=O) groups is 2. The molecule has 0 aliphatic carbocycles. The summed E-state index contributed by atoms with van der Waals surface area (Å²) in [7, 11) is -0.883. The van der Waals surface area contributed by atoms with Gasteiger partial charge in [0.05, 0.1) is 12.7 Å². The topological polar surface area (TPSA) is 84.0 Å². The summed E-state index contributed by atoms with van der Waals surface area (Å²) in [5.41, 5.74) is 0.926. The van der Waals surface area contributed by atoms with Crippen LogP contribution >= 0.6 is 0 Å². The van der Waals surface area contributed by atoms with Crippen LogP contribution in [-0.4, -0.2) is 50.1 Å². The first-order chi connectivity index (χ1) is 12.3. The first-order valence-electron chi connectivity index (χ1n) is 7.87. The highest BCUT2D eigenvalue weighted by atomic mass is 32.2. The molecule has 3 rings (SSSR count). The fourth-order valence-electron chi connectivity index (χ4n) is 2.76. The minimum Gasteiger partial charge on any atom is -0.497 e. The van der Waals surface area contributed by atoms with Gasteiger partial charge in [0, 0.05) is 13.6 Å². The number of fused-ring (bicyclic) bond motifs is 1. The highest BCUT2D eigenvalue weighted by Crippen LogP contribution is 2.29. The molecule has 7 nitrogen and oxygen atoms in total. The third-order valence-electron chi connectivity index (χ3n) is 4.17. The van der Waals surface area contributed by atoms with Crippen LogP contribution in [-0.2, 0) is 21.4 Å². The number of benzene rings is 2. The summed E-state index contributed by atoms with van der Waals surface area (Å²) in [6.07, 6.45) is 0. The van der Waals surface area contributed by atoms with Crippen LogP contribution < -0.4 is 4.74 Å². The van der Waals surface area contributed by atoms with Gasteiger partial charge < -0.3 is 9.64 Å². The molecule has 0 radical (unpaired) electrons. The second-order valence-electron chi connectivity index (χ2n) is 5.91. The molecule has 0 saturated carbocycles. The van der Waals surface area contributed by atoms with Gasteiger partial charge in [-0.1, -0.05) is 24.3 Å². The molecule has 0 N–H and O–H groups in total. The number of nitrogens with zero attached hydrogens (tertiary/aromatic N) is 2. The maximum Gasteiger partial charge on any atom is 0.269 e. The van der Waals surface area contributed by atoms with Gasteiger partial charge in [0.25, 0.3) is 15.9 Å². The van der Waals surface area contributed by atoms with Gasteiger partial charge in [-0.05, 0) is 29.8 Å². The SMILES string of the molecule is COc1cccc(CN(C)C(=O)CN2C(=O)c3ccccc3S2(=O)=O)c1. The standard InChI is InChI=1S/C18H18N2O5S/c1-19(11-13-6-5-7-14(10-13)25-2)17(21)12-20-18(22)15-8-3-4-9-16(15)26(20,23)24/h3-10H,11-12H2,1-2H3. The van der Waals surface area contributed by atoms with Gasteiger partial charge in [-0.3, -0.25) is 9.59 Å². The number of hydrogen-bond acceptors (Lipinski definition) is 5. The molecule has 0 spiro atoms. The van der Waals surface area contributed by atoms with Crippen LogP contribution in [0.15, 0.2) is 53.4 Å². The predicted octanol–water partition coefficient (Wildman–Crippen LogP) is 1.50. The van der Waals surface area contributed by atoms with Crippen LogP contribution in [0.25, 0.3) is 0 Å². The van der Waals surface area contributed by atoms with Crippen LogP contribution in [0.5, 0.6) is 5.75 Å². The fourth-order valence-corrected chi connectivity index (χ4v) is 4.28. The molecule has 0 aromatic heterocycles. The number of ether oxygens (including phenoxy) is 1. The van der Waals surface area contributed by atoms with E-state index in [1.165, 1.54) is 17.0 Å². The first-order valence-corrected chi connectivity index (χ1v) is 9.31. The zero-order valence-corrected chi connectivity index (χ0v) is 15.2. The van der Waals surface area contributed by atoms with E-state index in [0.29, 0.717) is 10.1 Å². The molecule has 0 bridgehead atoms. The molecule has 136 valence electrons. The van der Waals surface area contributed by atoms with Crippen molar-refractivity contribution in [1.82, 2.24) is 9.21 Å². The fraction of sp³-hybridized carbons (Fsp3) is 0.222. The summed E-state index contributed by atoms with van der Waals surface area (Å²) >= 11 is 0. The Labute approximate surface area is 151 Å². The Morgan fingerprint density at radius 3 is 2.58 bits per heavy atom. The van der Waals surface area contributed by atoms with Gasteiger partial charge in [-0.25, -0.2) is 12.7 Å². The van der Waals surface area contributed by atoms with E-state index in [4.69, 9.17) is 4.74 Å². The largest absolute Gasteiger partial charge is 0.497 e. The molecule has 1 heterocycles. The van der Waals surface area contributed by atoms with Crippen molar-refractivity contribution in [3.8, 4) is 5.75 Å². The van der Waals surface area contributed by atoms with Crippen molar-refractivity contribution in [3.63, 3.8) is 0 Å². The van der Waals surface area contributed by atoms with E-state index in [2.05, 4.69) is 0 Å². The Kier molecular flexibility index (Phi) is 4.69. The van der Waals surface area contributed by atoms with Gasteiger partial charge in [0.1, 0.15) is 17.2 Å². The molecular formula is C18H18N2O5S. The Balaban J connectivity index is 1.75. The lowest BCUT2D eigenvalue weighted by Crippen LogP contribution is -2.40. The average Bonchev–Trinajstić information content (AvgIpc) is 2.83. The Morgan fingerprint density at radius 1 is 1.15 bits per heavy atom. The van der Waals surface area contributed by atoms with Crippen LogP contribution in [0, 0.1) is 0 Å². The van der Waals surface area contributed by atoms with E-state index in [-0.39, 0.29) is 17.0 Å². The summed E-state index contributed by atoms with van der Waals surface area (Å²) in [5, 5.41) is 0. The molecule has 8 heteroatoms. The number of carbonyl (C=O) groups excluding carboxylic acids is 2. The predicted molar refractivity (Wildman–Crippen MR) is 94.1 cm³/mol. The average molecular weight is 374 g/mol. The number of methoxy groups -OCH3 is 1. The Hall–Kier alpha value is -2.87. The van der Waals surface area contributed by atoms with Crippen molar-refractivity contribution in [2.45, 2.75) is 11.4 Å². The number of rotatable bonds is 5. The second kappa shape index (κ2) is 6.80. The maximum atomic E-state index is 12.5. The van der Waals surface area contributed by atoms with Crippen LogP contribution in [0.3, 0.4) is 0 Å². The third kappa shape index (κ3) is 3.15. The summed E-state index contributed by atoms with van der Waals surface area (Å²) in [4.78, 5) is 26.2. The van der Waals surface area contributed by atoms with Crippen molar-refractivity contribution in [3.05, 3.63) is 59.7 Å². The van der Waals surface area contributed by atoms with E-state index < -0.39 is 28.4 Å². The maximum absolute atomic E-state index is 12.5. The number of sulfonamides is 1.